The Bertz CT molecular complexity index is 970. The van der Waals surface area contributed by atoms with Crippen molar-refractivity contribution in [2.45, 2.75) is 38.8 Å². The third kappa shape index (κ3) is 3.58. The molecule has 2 aliphatic heterocycles. The zero-order chi connectivity index (χ0) is 21.6. The summed E-state index contributed by atoms with van der Waals surface area (Å²) in [5.41, 5.74) is 2.77. The number of likely N-dealkylation sites (N-methyl/N-ethyl adjacent to an activating group) is 1. The van der Waals surface area contributed by atoms with Gasteiger partial charge in [-0.2, -0.15) is 0 Å². The molecule has 160 valence electrons. The average molecular weight is 447 g/mol. The van der Waals surface area contributed by atoms with Crippen molar-refractivity contribution in [3.05, 3.63) is 52.8 Å². The fourth-order valence-electron chi connectivity index (χ4n) is 4.48. The highest BCUT2D eigenvalue weighted by Crippen LogP contribution is 2.43. The molecule has 30 heavy (non-hydrogen) atoms. The Balaban J connectivity index is 1.61. The second-order valence-corrected chi connectivity index (χ2v) is 10.5. The highest BCUT2D eigenvalue weighted by atomic mass is 35.5. The van der Waals surface area contributed by atoms with E-state index in [9.17, 15) is 9.35 Å². The second-order valence-electron chi connectivity index (χ2n) is 8.34. The normalized spacial score (nSPS) is 21.7. The first-order chi connectivity index (χ1) is 14.2. The molecule has 0 aliphatic carbocycles. The number of amides is 1. The molecule has 3 heterocycles. The molecule has 2 aliphatic rings. The molecule has 0 saturated carbocycles. The fourth-order valence-corrected chi connectivity index (χ4v) is 5.66. The highest BCUT2D eigenvalue weighted by molar-refractivity contribution is 7.89. The minimum absolute atomic E-state index is 0.0429. The zero-order valence-corrected chi connectivity index (χ0v) is 19.3. The van der Waals surface area contributed by atoms with Crippen LogP contribution in [0.25, 0.3) is 0 Å². The van der Waals surface area contributed by atoms with Crippen LogP contribution in [-0.2, 0) is 16.9 Å². The summed E-state index contributed by atoms with van der Waals surface area (Å²) in [4.78, 5) is 21.6. The zero-order valence-electron chi connectivity index (χ0n) is 17.8. The van der Waals surface area contributed by atoms with E-state index >= 15 is 0 Å². The van der Waals surface area contributed by atoms with E-state index in [0.717, 1.165) is 36.4 Å². The van der Waals surface area contributed by atoms with Crippen LogP contribution >= 0.6 is 11.6 Å². The van der Waals surface area contributed by atoms with Crippen molar-refractivity contribution in [3.63, 3.8) is 0 Å². The van der Waals surface area contributed by atoms with Crippen LogP contribution in [0.3, 0.4) is 0 Å². The number of halogens is 1. The van der Waals surface area contributed by atoms with Gasteiger partial charge in [-0.1, -0.05) is 11.6 Å². The smallest absolute Gasteiger partial charge is 0.259 e. The average Bonchev–Trinajstić information content (AvgIpc) is 3.29. The van der Waals surface area contributed by atoms with E-state index in [1.54, 1.807) is 23.2 Å². The SMILES string of the molecule is CC[S+]([O-])N1CCC(N(C)c2cncc(N3C(=O)c4ccc(Cl)cc4C3(C)C)c2)C1. The minimum Gasteiger partial charge on any atom is -0.598 e. The quantitative estimate of drug-likeness (QED) is 0.653. The summed E-state index contributed by atoms with van der Waals surface area (Å²) in [6.07, 6.45) is 4.50. The Hall–Kier alpha value is -1.80. The van der Waals surface area contributed by atoms with Crippen LogP contribution < -0.4 is 9.80 Å². The maximum atomic E-state index is 13.2. The highest BCUT2D eigenvalue weighted by Gasteiger charge is 2.44. The molecule has 0 N–H and O–H groups in total. The molecule has 2 atom stereocenters. The Labute approximate surface area is 186 Å². The number of nitrogens with zero attached hydrogens (tertiary/aromatic N) is 4. The monoisotopic (exact) mass is 446 g/mol. The van der Waals surface area contributed by atoms with E-state index in [1.165, 1.54) is 0 Å². The number of rotatable bonds is 5. The molecule has 1 fully saturated rings. The predicted molar refractivity (Wildman–Crippen MR) is 123 cm³/mol. The number of hydrogen-bond donors (Lipinski definition) is 0. The molecule has 0 bridgehead atoms. The summed E-state index contributed by atoms with van der Waals surface area (Å²) < 4.78 is 14.2. The van der Waals surface area contributed by atoms with Crippen LogP contribution in [0, 0.1) is 0 Å². The molecule has 1 aromatic heterocycles. The van der Waals surface area contributed by atoms with Crippen molar-refractivity contribution in [1.29, 1.82) is 0 Å². The van der Waals surface area contributed by atoms with Gasteiger partial charge >= 0.3 is 0 Å². The first-order valence-corrected chi connectivity index (χ1v) is 11.8. The lowest BCUT2D eigenvalue weighted by Crippen LogP contribution is -2.40. The molecule has 0 radical (unpaired) electrons. The van der Waals surface area contributed by atoms with Crippen LogP contribution in [-0.4, -0.2) is 51.7 Å². The van der Waals surface area contributed by atoms with Gasteiger partial charge in [-0.3, -0.25) is 14.7 Å². The van der Waals surface area contributed by atoms with Crippen molar-refractivity contribution < 1.29 is 9.35 Å². The number of carbonyl (C=O) groups is 1. The van der Waals surface area contributed by atoms with Gasteiger partial charge in [0.2, 0.25) is 0 Å². The molecule has 1 amide bonds. The van der Waals surface area contributed by atoms with Gasteiger partial charge in [-0.05, 0) is 57.0 Å². The lowest BCUT2D eigenvalue weighted by atomic mass is 9.93. The molecular formula is C22H27ClN4O2S. The molecule has 0 spiro atoms. The summed E-state index contributed by atoms with van der Waals surface area (Å²) in [6, 6.07) is 7.70. The van der Waals surface area contributed by atoms with Crippen molar-refractivity contribution in [1.82, 2.24) is 9.29 Å². The van der Waals surface area contributed by atoms with Crippen LogP contribution in [0.15, 0.2) is 36.7 Å². The number of carbonyl (C=O) groups excluding carboxylic acids is 1. The Kier molecular flexibility index (Phi) is 5.74. The van der Waals surface area contributed by atoms with Crippen molar-refractivity contribution in [2.24, 2.45) is 0 Å². The van der Waals surface area contributed by atoms with Crippen molar-refractivity contribution in [3.8, 4) is 0 Å². The topological polar surface area (TPSA) is 62.7 Å². The van der Waals surface area contributed by atoms with Crippen LogP contribution in [0.4, 0.5) is 11.4 Å². The van der Waals surface area contributed by atoms with Gasteiger partial charge in [-0.25, -0.2) is 0 Å². The van der Waals surface area contributed by atoms with E-state index in [2.05, 4.69) is 9.88 Å². The Morgan fingerprint density at radius 1 is 1.33 bits per heavy atom. The maximum absolute atomic E-state index is 13.2. The third-order valence-electron chi connectivity index (χ3n) is 6.22. The van der Waals surface area contributed by atoms with Crippen LogP contribution in [0.5, 0.6) is 0 Å². The van der Waals surface area contributed by atoms with Gasteiger partial charge in [0, 0.05) is 41.6 Å². The van der Waals surface area contributed by atoms with Gasteiger partial charge in [0.1, 0.15) is 5.75 Å². The predicted octanol–water partition coefficient (Wildman–Crippen LogP) is 3.82. The van der Waals surface area contributed by atoms with E-state index in [-0.39, 0.29) is 11.9 Å². The van der Waals surface area contributed by atoms with Gasteiger partial charge in [0.15, 0.2) is 0 Å². The van der Waals surface area contributed by atoms with Gasteiger partial charge in [-0.15, -0.1) is 4.31 Å². The van der Waals surface area contributed by atoms with Crippen LogP contribution in [0.1, 0.15) is 43.1 Å². The Morgan fingerprint density at radius 2 is 2.10 bits per heavy atom. The summed E-state index contributed by atoms with van der Waals surface area (Å²) in [7, 11) is 2.04. The lowest BCUT2D eigenvalue weighted by Gasteiger charge is -2.33. The Morgan fingerprint density at radius 3 is 2.83 bits per heavy atom. The number of benzene rings is 1. The molecule has 1 saturated heterocycles. The molecule has 1 aromatic carbocycles. The van der Waals surface area contributed by atoms with E-state index in [1.807, 2.05) is 50.5 Å². The third-order valence-corrected chi connectivity index (χ3v) is 7.85. The second kappa shape index (κ2) is 8.04. The van der Waals surface area contributed by atoms with Crippen molar-refractivity contribution >= 4 is 40.2 Å². The minimum atomic E-state index is -0.915. The molecule has 4 rings (SSSR count). The molecule has 6 nitrogen and oxygen atoms in total. The van der Waals surface area contributed by atoms with E-state index in [4.69, 9.17) is 11.6 Å². The summed E-state index contributed by atoms with van der Waals surface area (Å²) in [6.45, 7) is 7.59. The number of aromatic nitrogens is 1. The van der Waals surface area contributed by atoms with Gasteiger partial charge < -0.3 is 9.45 Å². The number of hydrogen-bond acceptors (Lipinski definition) is 5. The molecular weight excluding hydrogens is 420 g/mol. The summed E-state index contributed by atoms with van der Waals surface area (Å²) in [5.74, 6) is 0.600. The number of pyridine rings is 1. The molecule has 2 aromatic rings. The van der Waals surface area contributed by atoms with E-state index < -0.39 is 16.9 Å². The molecule has 8 heteroatoms. The molecule has 2 unspecified atom stereocenters. The van der Waals surface area contributed by atoms with Gasteiger partial charge in [0.05, 0.1) is 35.9 Å². The number of fused-ring (bicyclic) bond motifs is 1. The maximum Gasteiger partial charge on any atom is 0.259 e. The number of anilines is 2. The lowest BCUT2D eigenvalue weighted by molar-refractivity contribution is 0.0982. The van der Waals surface area contributed by atoms with Crippen LogP contribution in [0.2, 0.25) is 5.02 Å². The van der Waals surface area contributed by atoms with Crippen molar-refractivity contribution in [2.75, 3.05) is 35.7 Å². The van der Waals surface area contributed by atoms with Gasteiger partial charge in [0.25, 0.3) is 5.91 Å². The summed E-state index contributed by atoms with van der Waals surface area (Å²) in [5, 5.41) is 0.623. The fraction of sp³-hybridized carbons (Fsp3) is 0.455. The first-order valence-electron chi connectivity index (χ1n) is 10.2. The largest absolute Gasteiger partial charge is 0.598 e. The summed E-state index contributed by atoms with van der Waals surface area (Å²) >= 11 is 5.29. The van der Waals surface area contributed by atoms with E-state index in [0.29, 0.717) is 16.3 Å². The first kappa shape index (κ1) is 21.4. The standard InChI is InChI=1S/C22H27ClN4O2S/c1-5-30(29)26-9-8-16(14-26)25(4)17-11-18(13-24-12-17)27-21(28)19-7-6-15(23)10-20(19)22(27,2)3/h6-7,10-13,16H,5,8-9,14H2,1-4H3.